The first-order chi connectivity index (χ1) is 9.75. The Labute approximate surface area is 132 Å². The molecule has 0 aliphatic carbocycles. The van der Waals surface area contributed by atoms with Gasteiger partial charge in [-0.1, -0.05) is 25.1 Å². The van der Waals surface area contributed by atoms with Gasteiger partial charge in [0.15, 0.2) is 0 Å². The Hall–Kier alpha value is -0.780. The van der Waals surface area contributed by atoms with Crippen LogP contribution in [0, 0.1) is 5.92 Å². The molecule has 0 fully saturated rings. The van der Waals surface area contributed by atoms with Crippen LogP contribution in [0.2, 0.25) is 0 Å². The highest BCUT2D eigenvalue weighted by molar-refractivity contribution is 7.89. The first-order valence-corrected chi connectivity index (χ1v) is 9.25. The monoisotopic (exact) mass is 333 g/mol. The second-order valence-electron chi connectivity index (χ2n) is 5.58. The quantitative estimate of drug-likeness (QED) is 0.742. The van der Waals surface area contributed by atoms with Crippen LogP contribution in [-0.2, 0) is 10.0 Å². The molecule has 6 heteroatoms. The summed E-state index contributed by atoms with van der Waals surface area (Å²) in [7, 11) is -3.38. The summed E-state index contributed by atoms with van der Waals surface area (Å²) < 4.78 is 32.6. The molecule has 2 unspecified atom stereocenters. The van der Waals surface area contributed by atoms with Crippen LogP contribution in [0.4, 0.5) is 0 Å². The second-order valence-corrected chi connectivity index (χ2v) is 7.69. The maximum atomic E-state index is 12.1. The summed E-state index contributed by atoms with van der Waals surface area (Å²) in [6, 6.07) is 7.11. The SMILES string of the molecule is CC(CCl)CS(=O)(=O)NC(C)c1ccccc1OC(C)C. The molecule has 120 valence electrons. The zero-order valence-corrected chi connectivity index (χ0v) is 14.5. The molecule has 0 aromatic heterocycles. The summed E-state index contributed by atoms with van der Waals surface area (Å²) in [5, 5.41) is 0. The molecular weight excluding hydrogens is 310 g/mol. The van der Waals surface area contributed by atoms with Gasteiger partial charge in [0.25, 0.3) is 0 Å². The Bertz CT molecular complexity index is 546. The van der Waals surface area contributed by atoms with Gasteiger partial charge >= 0.3 is 0 Å². The molecule has 0 heterocycles. The zero-order chi connectivity index (χ0) is 16.0. The van der Waals surface area contributed by atoms with Crippen LogP contribution < -0.4 is 9.46 Å². The van der Waals surface area contributed by atoms with E-state index in [0.29, 0.717) is 11.6 Å². The second kappa shape index (κ2) is 8.01. The van der Waals surface area contributed by atoms with Crippen LogP contribution >= 0.6 is 11.6 Å². The van der Waals surface area contributed by atoms with Crippen LogP contribution in [0.15, 0.2) is 24.3 Å². The van der Waals surface area contributed by atoms with Crippen molar-refractivity contribution in [3.63, 3.8) is 0 Å². The highest BCUT2D eigenvalue weighted by atomic mass is 35.5. The smallest absolute Gasteiger partial charge is 0.212 e. The van der Waals surface area contributed by atoms with E-state index in [-0.39, 0.29) is 23.8 Å². The molecule has 0 radical (unpaired) electrons. The fourth-order valence-electron chi connectivity index (χ4n) is 2.00. The van der Waals surface area contributed by atoms with Crippen LogP contribution in [0.25, 0.3) is 0 Å². The van der Waals surface area contributed by atoms with E-state index in [1.807, 2.05) is 52.0 Å². The minimum absolute atomic E-state index is 0.0219. The molecule has 1 N–H and O–H groups in total. The van der Waals surface area contributed by atoms with E-state index in [1.165, 1.54) is 0 Å². The van der Waals surface area contributed by atoms with Crippen LogP contribution in [0.3, 0.4) is 0 Å². The van der Waals surface area contributed by atoms with Crippen molar-refractivity contribution >= 4 is 21.6 Å². The van der Waals surface area contributed by atoms with Crippen molar-refractivity contribution in [2.24, 2.45) is 5.92 Å². The Morgan fingerprint density at radius 2 is 1.81 bits per heavy atom. The molecule has 0 aliphatic rings. The van der Waals surface area contributed by atoms with Gasteiger partial charge in [-0.25, -0.2) is 13.1 Å². The average Bonchev–Trinajstić information content (AvgIpc) is 2.37. The van der Waals surface area contributed by atoms with Crippen molar-refractivity contribution in [1.29, 1.82) is 0 Å². The molecule has 0 spiro atoms. The molecule has 1 aromatic rings. The van der Waals surface area contributed by atoms with Crippen LogP contribution in [0.1, 0.15) is 39.3 Å². The summed E-state index contributed by atoms with van der Waals surface area (Å²) in [6.07, 6.45) is 0.0335. The Kier molecular flexibility index (Phi) is 6.97. The number of ether oxygens (including phenoxy) is 1. The van der Waals surface area contributed by atoms with Crippen molar-refractivity contribution in [3.8, 4) is 5.75 Å². The standard InChI is InChI=1S/C15H24ClNO3S/c1-11(2)20-15-8-6-5-7-14(15)13(4)17-21(18,19)10-12(3)9-16/h5-8,11-13,17H,9-10H2,1-4H3. The van der Waals surface area contributed by atoms with Crippen LogP contribution in [0.5, 0.6) is 5.75 Å². The maximum Gasteiger partial charge on any atom is 0.212 e. The number of hydrogen-bond acceptors (Lipinski definition) is 3. The summed E-state index contributed by atoms with van der Waals surface area (Å²) in [6.45, 7) is 7.50. The largest absolute Gasteiger partial charge is 0.491 e. The average molecular weight is 334 g/mol. The van der Waals surface area contributed by atoms with Gasteiger partial charge in [0.1, 0.15) is 5.75 Å². The summed E-state index contributed by atoms with van der Waals surface area (Å²) in [4.78, 5) is 0. The molecule has 1 aromatic carbocycles. The fourth-order valence-corrected chi connectivity index (χ4v) is 3.87. The molecule has 0 aliphatic heterocycles. The number of nitrogens with one attached hydrogen (secondary N) is 1. The van der Waals surface area contributed by atoms with Gasteiger partial charge < -0.3 is 4.74 Å². The van der Waals surface area contributed by atoms with Crippen LogP contribution in [-0.4, -0.2) is 26.2 Å². The number of para-hydroxylation sites is 1. The lowest BCUT2D eigenvalue weighted by Crippen LogP contribution is -2.32. The summed E-state index contributed by atoms with van der Waals surface area (Å²) in [5.74, 6) is 0.961. The Morgan fingerprint density at radius 3 is 2.38 bits per heavy atom. The van der Waals surface area contributed by atoms with E-state index < -0.39 is 10.0 Å². The molecular formula is C15H24ClNO3S. The molecule has 0 saturated heterocycles. The Morgan fingerprint density at radius 1 is 1.19 bits per heavy atom. The number of alkyl halides is 1. The maximum absolute atomic E-state index is 12.1. The van der Waals surface area contributed by atoms with Gasteiger partial charge in [0, 0.05) is 17.5 Å². The van der Waals surface area contributed by atoms with E-state index >= 15 is 0 Å². The van der Waals surface area contributed by atoms with Crippen molar-refractivity contribution in [1.82, 2.24) is 4.72 Å². The fraction of sp³-hybridized carbons (Fsp3) is 0.600. The Balaban J connectivity index is 2.87. The third-order valence-electron chi connectivity index (χ3n) is 2.87. The van der Waals surface area contributed by atoms with Crippen molar-refractivity contribution in [2.75, 3.05) is 11.6 Å². The minimum Gasteiger partial charge on any atom is -0.491 e. The zero-order valence-electron chi connectivity index (χ0n) is 13.0. The predicted molar refractivity (Wildman–Crippen MR) is 87.4 cm³/mol. The summed E-state index contributed by atoms with van der Waals surface area (Å²) >= 11 is 5.68. The number of rotatable bonds is 8. The van der Waals surface area contributed by atoms with Gasteiger partial charge in [-0.3, -0.25) is 0 Å². The lowest BCUT2D eigenvalue weighted by Gasteiger charge is -2.20. The minimum atomic E-state index is -3.38. The number of benzene rings is 1. The summed E-state index contributed by atoms with van der Waals surface area (Å²) in [5.41, 5.74) is 0.827. The molecule has 1 rings (SSSR count). The van der Waals surface area contributed by atoms with Crippen molar-refractivity contribution < 1.29 is 13.2 Å². The van der Waals surface area contributed by atoms with Gasteiger partial charge in [-0.05, 0) is 32.8 Å². The predicted octanol–water partition coefficient (Wildman–Crippen LogP) is 3.33. The normalized spacial score (nSPS) is 15.0. The lowest BCUT2D eigenvalue weighted by molar-refractivity contribution is 0.238. The van der Waals surface area contributed by atoms with E-state index in [4.69, 9.17) is 16.3 Å². The highest BCUT2D eigenvalue weighted by Crippen LogP contribution is 2.26. The number of sulfonamides is 1. The molecule has 0 amide bonds. The molecule has 2 atom stereocenters. The molecule has 0 bridgehead atoms. The van der Waals surface area contributed by atoms with Gasteiger partial charge in [-0.15, -0.1) is 11.6 Å². The molecule has 0 saturated carbocycles. The van der Waals surface area contributed by atoms with Crippen molar-refractivity contribution in [3.05, 3.63) is 29.8 Å². The first-order valence-electron chi connectivity index (χ1n) is 7.06. The van der Waals surface area contributed by atoms with E-state index in [9.17, 15) is 8.42 Å². The van der Waals surface area contributed by atoms with Gasteiger partial charge in [0.05, 0.1) is 11.9 Å². The third kappa shape index (κ3) is 6.24. The highest BCUT2D eigenvalue weighted by Gasteiger charge is 2.20. The van der Waals surface area contributed by atoms with E-state index in [2.05, 4.69) is 4.72 Å². The lowest BCUT2D eigenvalue weighted by atomic mass is 10.1. The first kappa shape index (κ1) is 18.3. The molecule has 21 heavy (non-hydrogen) atoms. The topological polar surface area (TPSA) is 55.4 Å². The van der Waals surface area contributed by atoms with Crippen molar-refractivity contribution in [2.45, 2.75) is 39.8 Å². The van der Waals surface area contributed by atoms with Gasteiger partial charge in [-0.2, -0.15) is 0 Å². The van der Waals surface area contributed by atoms with Gasteiger partial charge in [0.2, 0.25) is 10.0 Å². The number of halogens is 1. The molecule has 4 nitrogen and oxygen atoms in total. The number of hydrogen-bond donors (Lipinski definition) is 1. The van der Waals surface area contributed by atoms with E-state index in [0.717, 1.165) is 5.56 Å². The third-order valence-corrected chi connectivity index (χ3v) is 5.12. The van der Waals surface area contributed by atoms with E-state index in [1.54, 1.807) is 0 Å².